The number of aryl methyl sites for hydroxylation is 1. The molecule has 2 rings (SSSR count). The molecule has 21 heavy (non-hydrogen) atoms. The first-order valence-corrected chi connectivity index (χ1v) is 8.15. The van der Waals surface area contributed by atoms with Gasteiger partial charge in [0.1, 0.15) is 0 Å². The molecule has 2 aromatic rings. The van der Waals surface area contributed by atoms with Crippen molar-refractivity contribution in [1.82, 2.24) is 19.6 Å². The average Bonchev–Trinajstić information content (AvgIpc) is 2.82. The third-order valence-corrected chi connectivity index (χ3v) is 4.72. The van der Waals surface area contributed by atoms with E-state index in [0.717, 1.165) is 5.69 Å². The number of sulfonamides is 1. The van der Waals surface area contributed by atoms with Crippen LogP contribution in [0.3, 0.4) is 0 Å². The zero-order chi connectivity index (χ0) is 15.5. The smallest absolute Gasteiger partial charge is 0.242 e. The Morgan fingerprint density at radius 3 is 2.76 bits per heavy atom. The first-order chi connectivity index (χ1) is 9.94. The number of pyridine rings is 1. The summed E-state index contributed by atoms with van der Waals surface area (Å²) in [5.41, 5.74) is 1.59. The molecule has 0 aliphatic carbocycles. The highest BCUT2D eigenvalue weighted by Gasteiger charge is 2.21. The Balaban J connectivity index is 2.20. The highest BCUT2D eigenvalue weighted by atomic mass is 32.2. The number of aromatic nitrogens is 2. The SMILES string of the molecule is CNCc1cc(S(=O)(=O)NC(C)c2ccccn2)cn1C. The minimum atomic E-state index is -3.57. The molecule has 0 amide bonds. The van der Waals surface area contributed by atoms with Crippen LogP contribution >= 0.6 is 0 Å². The fourth-order valence-corrected chi connectivity index (χ4v) is 3.38. The quantitative estimate of drug-likeness (QED) is 0.840. The summed E-state index contributed by atoms with van der Waals surface area (Å²) >= 11 is 0. The van der Waals surface area contributed by atoms with Crippen LogP contribution in [-0.4, -0.2) is 25.0 Å². The molecule has 0 aliphatic rings. The van der Waals surface area contributed by atoms with Gasteiger partial charge in [-0.3, -0.25) is 4.98 Å². The lowest BCUT2D eigenvalue weighted by Gasteiger charge is -2.12. The zero-order valence-electron chi connectivity index (χ0n) is 12.4. The molecule has 114 valence electrons. The third kappa shape index (κ3) is 3.69. The molecule has 0 saturated heterocycles. The molecule has 0 saturated carbocycles. The van der Waals surface area contributed by atoms with E-state index in [2.05, 4.69) is 15.0 Å². The summed E-state index contributed by atoms with van der Waals surface area (Å²) in [5.74, 6) is 0. The van der Waals surface area contributed by atoms with Gasteiger partial charge in [0.15, 0.2) is 0 Å². The van der Waals surface area contributed by atoms with Gasteiger partial charge in [-0.05, 0) is 32.2 Å². The number of rotatable bonds is 6. The monoisotopic (exact) mass is 308 g/mol. The molecular formula is C14H20N4O2S. The standard InChI is InChI=1S/C14H20N4O2S/c1-11(14-6-4-5-7-16-14)17-21(19,20)13-8-12(9-15-2)18(3)10-13/h4-8,10-11,15,17H,9H2,1-3H3. The first-order valence-electron chi connectivity index (χ1n) is 6.67. The molecule has 2 heterocycles. The van der Waals surface area contributed by atoms with E-state index in [1.807, 2.05) is 20.2 Å². The lowest BCUT2D eigenvalue weighted by atomic mass is 10.2. The van der Waals surface area contributed by atoms with Crippen molar-refractivity contribution in [3.63, 3.8) is 0 Å². The minimum Gasteiger partial charge on any atom is -0.352 e. The highest BCUT2D eigenvalue weighted by Crippen LogP contribution is 2.17. The Kier molecular flexibility index (Phi) is 4.76. The van der Waals surface area contributed by atoms with E-state index in [-0.39, 0.29) is 10.9 Å². The molecule has 2 aromatic heterocycles. The molecule has 7 heteroatoms. The van der Waals surface area contributed by atoms with Crippen molar-refractivity contribution in [2.45, 2.75) is 24.4 Å². The molecule has 0 aromatic carbocycles. The van der Waals surface area contributed by atoms with Gasteiger partial charge >= 0.3 is 0 Å². The summed E-state index contributed by atoms with van der Waals surface area (Å²) in [5, 5.41) is 3.01. The van der Waals surface area contributed by atoms with Crippen LogP contribution in [0.2, 0.25) is 0 Å². The van der Waals surface area contributed by atoms with Crippen LogP contribution in [0.5, 0.6) is 0 Å². The highest BCUT2D eigenvalue weighted by molar-refractivity contribution is 7.89. The van der Waals surface area contributed by atoms with Crippen LogP contribution in [0.4, 0.5) is 0 Å². The van der Waals surface area contributed by atoms with E-state index in [0.29, 0.717) is 12.2 Å². The summed E-state index contributed by atoms with van der Waals surface area (Å²) in [6.07, 6.45) is 3.26. The second kappa shape index (κ2) is 6.38. The summed E-state index contributed by atoms with van der Waals surface area (Å²) in [7, 11) is 0.0830. The van der Waals surface area contributed by atoms with Gasteiger partial charge in [0.25, 0.3) is 0 Å². The predicted octanol–water partition coefficient (Wildman–Crippen LogP) is 1.18. The van der Waals surface area contributed by atoms with Crippen molar-refractivity contribution in [2.24, 2.45) is 7.05 Å². The van der Waals surface area contributed by atoms with Gasteiger partial charge in [0.05, 0.1) is 16.6 Å². The van der Waals surface area contributed by atoms with Gasteiger partial charge in [0.2, 0.25) is 10.0 Å². The van der Waals surface area contributed by atoms with E-state index in [1.165, 1.54) is 0 Å². The Morgan fingerprint density at radius 2 is 2.14 bits per heavy atom. The Labute approximate surface area is 125 Å². The first kappa shape index (κ1) is 15.7. The van der Waals surface area contributed by atoms with Gasteiger partial charge in [-0.15, -0.1) is 0 Å². The van der Waals surface area contributed by atoms with Gasteiger partial charge in [-0.1, -0.05) is 6.07 Å². The Hall–Kier alpha value is -1.70. The van der Waals surface area contributed by atoms with Crippen LogP contribution < -0.4 is 10.0 Å². The molecule has 0 radical (unpaired) electrons. The normalized spacial score (nSPS) is 13.3. The fraction of sp³-hybridized carbons (Fsp3) is 0.357. The molecule has 6 nitrogen and oxygen atoms in total. The number of hydrogen-bond donors (Lipinski definition) is 2. The van der Waals surface area contributed by atoms with E-state index >= 15 is 0 Å². The Morgan fingerprint density at radius 1 is 1.38 bits per heavy atom. The second-order valence-corrected chi connectivity index (χ2v) is 6.62. The fourth-order valence-electron chi connectivity index (χ4n) is 2.07. The van der Waals surface area contributed by atoms with Crippen molar-refractivity contribution in [1.29, 1.82) is 0 Å². The van der Waals surface area contributed by atoms with Gasteiger partial charge in [-0.25, -0.2) is 13.1 Å². The van der Waals surface area contributed by atoms with Crippen molar-refractivity contribution < 1.29 is 8.42 Å². The van der Waals surface area contributed by atoms with E-state index in [9.17, 15) is 8.42 Å². The molecule has 0 aliphatic heterocycles. The maximum atomic E-state index is 12.4. The topological polar surface area (TPSA) is 76.0 Å². The van der Waals surface area contributed by atoms with E-state index in [4.69, 9.17) is 0 Å². The Bertz CT molecular complexity index is 695. The maximum absolute atomic E-state index is 12.4. The molecule has 2 N–H and O–H groups in total. The predicted molar refractivity (Wildman–Crippen MR) is 81.2 cm³/mol. The third-order valence-electron chi connectivity index (χ3n) is 3.21. The van der Waals surface area contributed by atoms with Crippen molar-refractivity contribution >= 4 is 10.0 Å². The lowest BCUT2D eigenvalue weighted by Crippen LogP contribution is -2.27. The summed E-state index contributed by atoms with van der Waals surface area (Å²) in [4.78, 5) is 4.43. The zero-order valence-corrected chi connectivity index (χ0v) is 13.2. The molecule has 1 atom stereocenters. The summed E-state index contributed by atoms with van der Waals surface area (Å²) in [6, 6.07) is 6.71. The molecule has 0 spiro atoms. The van der Waals surface area contributed by atoms with Crippen LogP contribution in [0.1, 0.15) is 24.4 Å². The number of nitrogens with zero attached hydrogens (tertiary/aromatic N) is 2. The molecule has 0 bridgehead atoms. The summed E-state index contributed by atoms with van der Waals surface area (Å²) < 4.78 is 29.3. The van der Waals surface area contributed by atoms with Gasteiger partial charge in [-0.2, -0.15) is 0 Å². The summed E-state index contributed by atoms with van der Waals surface area (Å²) in [6.45, 7) is 2.39. The second-order valence-electron chi connectivity index (χ2n) is 4.91. The molecular weight excluding hydrogens is 288 g/mol. The molecule has 1 unspecified atom stereocenters. The van der Waals surface area contributed by atoms with Crippen molar-refractivity contribution in [3.8, 4) is 0 Å². The largest absolute Gasteiger partial charge is 0.352 e. The maximum Gasteiger partial charge on any atom is 0.242 e. The van der Waals surface area contributed by atoms with Crippen LogP contribution in [0, 0.1) is 0 Å². The van der Waals surface area contributed by atoms with Gasteiger partial charge in [0, 0.05) is 31.7 Å². The van der Waals surface area contributed by atoms with Crippen LogP contribution in [0.15, 0.2) is 41.6 Å². The minimum absolute atomic E-state index is 0.262. The lowest BCUT2D eigenvalue weighted by molar-refractivity contribution is 0.564. The number of hydrogen-bond acceptors (Lipinski definition) is 4. The van der Waals surface area contributed by atoms with E-state index in [1.54, 1.807) is 42.1 Å². The average molecular weight is 308 g/mol. The van der Waals surface area contributed by atoms with E-state index < -0.39 is 10.0 Å². The van der Waals surface area contributed by atoms with Gasteiger partial charge < -0.3 is 9.88 Å². The van der Waals surface area contributed by atoms with Crippen LogP contribution in [0.25, 0.3) is 0 Å². The van der Waals surface area contributed by atoms with Crippen molar-refractivity contribution in [2.75, 3.05) is 7.05 Å². The number of nitrogens with one attached hydrogen (secondary N) is 2. The van der Waals surface area contributed by atoms with Crippen molar-refractivity contribution in [3.05, 3.63) is 48.0 Å². The molecule has 0 fully saturated rings. The van der Waals surface area contributed by atoms with Crippen LogP contribution in [-0.2, 0) is 23.6 Å².